The molecule has 1 aliphatic carbocycles. The van der Waals surface area contributed by atoms with Crippen LogP contribution >= 0.6 is 23.2 Å². The van der Waals surface area contributed by atoms with Crippen LogP contribution in [0.25, 0.3) is 10.9 Å². The zero-order chi connectivity index (χ0) is 22.4. The number of phenols is 1. The number of aliphatic carboxylic acids is 1. The molecule has 1 heterocycles. The Kier molecular flexibility index (Phi) is 5.71. The molecule has 0 saturated heterocycles. The average Bonchev–Trinajstić information content (AvgIpc) is 2.98. The topological polar surface area (TPSA) is 79.5 Å². The number of nitrogens with zero attached hydrogens (tertiary/aromatic N) is 1. The Bertz CT molecular complexity index is 1220. The maximum Gasteiger partial charge on any atom is 0.311 e. The third-order valence-corrected chi connectivity index (χ3v) is 6.88. The summed E-state index contributed by atoms with van der Waals surface area (Å²) in [5.74, 6) is -3.86. The number of phenolic OH excluding ortho intramolecular Hbond substituents is 1. The van der Waals surface area contributed by atoms with Crippen molar-refractivity contribution in [2.75, 3.05) is 0 Å². The van der Waals surface area contributed by atoms with Gasteiger partial charge in [0.2, 0.25) is 0 Å². The van der Waals surface area contributed by atoms with Gasteiger partial charge < -0.3 is 10.2 Å². The van der Waals surface area contributed by atoms with E-state index in [2.05, 4.69) is 0 Å². The minimum atomic E-state index is -1.08. The quantitative estimate of drug-likeness (QED) is 0.475. The first-order valence-corrected chi connectivity index (χ1v) is 10.7. The van der Waals surface area contributed by atoms with E-state index in [-0.39, 0.29) is 38.0 Å². The molecule has 2 N–H and O–H groups in total. The van der Waals surface area contributed by atoms with E-state index in [9.17, 15) is 19.8 Å². The maximum absolute atomic E-state index is 15.1. The Morgan fingerprint density at radius 2 is 1.90 bits per heavy atom. The zero-order valence-corrected chi connectivity index (χ0v) is 18.2. The lowest BCUT2D eigenvalue weighted by atomic mass is 9.76. The largest absolute Gasteiger partial charge is 0.505 e. The van der Waals surface area contributed by atoms with Crippen LogP contribution in [0.5, 0.6) is 5.75 Å². The molecule has 0 aliphatic heterocycles. The van der Waals surface area contributed by atoms with Crippen LogP contribution in [-0.2, 0) is 4.79 Å². The second-order valence-corrected chi connectivity index (χ2v) is 8.80. The standard InChI is InChI=1S/C23H20Cl2FNO4/c1-11-19(14(23(30)31)9-12-3-2-4-12)20-17(7-8-18(28)21(20)26)27(11)22(29)13-5-6-15(24)16(25)10-13/h5-8,10,12,14,28H,2-4,9H2,1H3,(H,30,31). The third kappa shape index (κ3) is 3.68. The van der Waals surface area contributed by atoms with E-state index in [1.807, 2.05) is 0 Å². The number of carboxylic acid groups (broad SMARTS) is 1. The van der Waals surface area contributed by atoms with Gasteiger partial charge in [-0.15, -0.1) is 0 Å². The predicted octanol–water partition coefficient (Wildman–Crippen LogP) is 6.15. The molecule has 1 aromatic heterocycles. The molecule has 1 saturated carbocycles. The van der Waals surface area contributed by atoms with Crippen molar-refractivity contribution in [3.63, 3.8) is 0 Å². The molecular weight excluding hydrogens is 444 g/mol. The van der Waals surface area contributed by atoms with Gasteiger partial charge in [0, 0.05) is 16.6 Å². The average molecular weight is 464 g/mol. The molecule has 4 rings (SSSR count). The van der Waals surface area contributed by atoms with Gasteiger partial charge in [-0.2, -0.15) is 0 Å². The van der Waals surface area contributed by atoms with Crippen molar-refractivity contribution in [2.45, 2.75) is 38.5 Å². The van der Waals surface area contributed by atoms with Crippen molar-refractivity contribution in [3.8, 4) is 5.75 Å². The van der Waals surface area contributed by atoms with Gasteiger partial charge in [-0.1, -0.05) is 42.5 Å². The summed E-state index contributed by atoms with van der Waals surface area (Å²) in [5.41, 5.74) is 0.956. The van der Waals surface area contributed by atoms with Crippen molar-refractivity contribution in [3.05, 3.63) is 63.0 Å². The van der Waals surface area contributed by atoms with Gasteiger partial charge in [-0.3, -0.25) is 14.2 Å². The van der Waals surface area contributed by atoms with Crippen molar-refractivity contribution in [2.24, 2.45) is 5.92 Å². The highest BCUT2D eigenvalue weighted by atomic mass is 35.5. The molecule has 0 amide bonds. The molecule has 1 unspecified atom stereocenters. The highest BCUT2D eigenvalue weighted by Crippen LogP contribution is 2.42. The van der Waals surface area contributed by atoms with Crippen molar-refractivity contribution < 1.29 is 24.2 Å². The number of hydrogen-bond donors (Lipinski definition) is 2. The zero-order valence-electron chi connectivity index (χ0n) is 16.7. The van der Waals surface area contributed by atoms with Gasteiger partial charge in [0.25, 0.3) is 5.91 Å². The lowest BCUT2D eigenvalue weighted by Crippen LogP contribution is -2.21. The normalized spacial score (nSPS) is 15.1. The minimum absolute atomic E-state index is 0.0439. The summed E-state index contributed by atoms with van der Waals surface area (Å²) >= 11 is 12.0. The number of aromatic hydroxyl groups is 1. The van der Waals surface area contributed by atoms with E-state index < -0.39 is 29.4 Å². The number of hydrogen-bond acceptors (Lipinski definition) is 3. The summed E-state index contributed by atoms with van der Waals surface area (Å²) in [6.45, 7) is 1.60. The molecule has 0 bridgehead atoms. The molecule has 8 heteroatoms. The van der Waals surface area contributed by atoms with Crippen LogP contribution in [0.2, 0.25) is 10.0 Å². The number of rotatable bonds is 5. The summed E-state index contributed by atoms with van der Waals surface area (Å²) in [6, 6.07) is 6.98. The number of carbonyl (C=O) groups excluding carboxylic acids is 1. The second-order valence-electron chi connectivity index (χ2n) is 7.98. The number of aromatic nitrogens is 1. The van der Waals surface area contributed by atoms with Gasteiger partial charge in [-0.05, 0) is 55.2 Å². The van der Waals surface area contributed by atoms with Gasteiger partial charge in [0.1, 0.15) is 0 Å². The first-order chi connectivity index (χ1) is 14.7. The van der Waals surface area contributed by atoms with Crippen LogP contribution in [0, 0.1) is 18.7 Å². The molecule has 0 spiro atoms. The smallest absolute Gasteiger partial charge is 0.311 e. The Morgan fingerprint density at radius 3 is 2.48 bits per heavy atom. The van der Waals surface area contributed by atoms with Crippen LogP contribution in [0.15, 0.2) is 30.3 Å². The predicted molar refractivity (Wildman–Crippen MR) is 117 cm³/mol. The lowest BCUT2D eigenvalue weighted by Gasteiger charge is -2.28. The maximum atomic E-state index is 15.1. The fraction of sp³-hybridized carbons (Fsp3) is 0.304. The van der Waals surface area contributed by atoms with Gasteiger partial charge in [0.15, 0.2) is 11.6 Å². The van der Waals surface area contributed by atoms with Crippen LogP contribution in [0.3, 0.4) is 0 Å². The van der Waals surface area contributed by atoms with E-state index in [4.69, 9.17) is 23.2 Å². The number of halogens is 3. The molecule has 1 atom stereocenters. The SMILES string of the molecule is Cc1c(C(CC2CCC2)C(=O)O)c2c(F)c(O)ccc2n1C(=O)c1ccc(Cl)c(Cl)c1. The Balaban J connectivity index is 1.95. The number of carboxylic acids is 1. The second kappa shape index (κ2) is 8.17. The van der Waals surface area contributed by atoms with E-state index in [0.717, 1.165) is 25.3 Å². The van der Waals surface area contributed by atoms with Crippen molar-refractivity contribution >= 4 is 46.0 Å². The molecule has 0 radical (unpaired) electrons. The molecule has 2 aromatic carbocycles. The van der Waals surface area contributed by atoms with E-state index in [1.54, 1.807) is 6.92 Å². The van der Waals surface area contributed by atoms with Gasteiger partial charge in [-0.25, -0.2) is 4.39 Å². The number of benzene rings is 2. The minimum Gasteiger partial charge on any atom is -0.505 e. The molecule has 162 valence electrons. The molecule has 31 heavy (non-hydrogen) atoms. The Hall–Kier alpha value is -2.57. The summed E-state index contributed by atoms with van der Waals surface area (Å²) in [4.78, 5) is 25.6. The number of carbonyl (C=O) groups is 2. The molecule has 5 nitrogen and oxygen atoms in total. The van der Waals surface area contributed by atoms with Crippen molar-refractivity contribution in [1.29, 1.82) is 0 Å². The van der Waals surface area contributed by atoms with Gasteiger partial charge >= 0.3 is 5.97 Å². The fourth-order valence-corrected chi connectivity index (χ4v) is 4.63. The molecular formula is C23H20Cl2FNO4. The van der Waals surface area contributed by atoms with Crippen molar-refractivity contribution in [1.82, 2.24) is 4.57 Å². The van der Waals surface area contributed by atoms with Crippen LogP contribution < -0.4 is 0 Å². The Morgan fingerprint density at radius 1 is 1.19 bits per heavy atom. The first kappa shape index (κ1) is 21.7. The van der Waals surface area contributed by atoms with Crippen LogP contribution in [0.4, 0.5) is 4.39 Å². The van der Waals surface area contributed by atoms with E-state index in [0.29, 0.717) is 12.1 Å². The lowest BCUT2D eigenvalue weighted by molar-refractivity contribution is -0.139. The summed E-state index contributed by atoms with van der Waals surface area (Å²) in [5, 5.41) is 20.4. The van der Waals surface area contributed by atoms with E-state index >= 15 is 4.39 Å². The monoisotopic (exact) mass is 463 g/mol. The van der Waals surface area contributed by atoms with Crippen LogP contribution in [-0.4, -0.2) is 26.7 Å². The molecule has 3 aromatic rings. The first-order valence-electron chi connectivity index (χ1n) is 9.95. The summed E-state index contributed by atoms with van der Waals surface area (Å²) < 4.78 is 16.4. The number of fused-ring (bicyclic) bond motifs is 1. The Labute approximate surface area is 188 Å². The van der Waals surface area contributed by atoms with Gasteiger partial charge in [0.05, 0.1) is 21.5 Å². The highest BCUT2D eigenvalue weighted by molar-refractivity contribution is 6.42. The third-order valence-electron chi connectivity index (χ3n) is 6.15. The fourth-order valence-electron chi connectivity index (χ4n) is 4.33. The summed E-state index contributed by atoms with van der Waals surface area (Å²) in [7, 11) is 0. The highest BCUT2D eigenvalue weighted by Gasteiger charge is 2.34. The van der Waals surface area contributed by atoms with E-state index in [1.165, 1.54) is 28.8 Å². The molecule has 1 aliphatic rings. The summed E-state index contributed by atoms with van der Waals surface area (Å²) in [6.07, 6.45) is 3.25. The van der Waals surface area contributed by atoms with Crippen LogP contribution in [0.1, 0.15) is 53.2 Å². The molecule has 1 fully saturated rings.